The minimum Gasteiger partial charge on any atom is -0.394 e. The largest absolute Gasteiger partial charge is 0.394 e. The predicted molar refractivity (Wildman–Crippen MR) is 157 cm³/mol. The number of carbonyl (C=O) groups excluding carboxylic acids is 2. The summed E-state index contributed by atoms with van der Waals surface area (Å²) < 4.78 is 11.1. The van der Waals surface area contributed by atoms with E-state index >= 15 is 0 Å². The molecule has 4 rings (SSSR count). The number of rotatable bonds is 12. The van der Waals surface area contributed by atoms with E-state index in [1.165, 1.54) is 12.1 Å². The zero-order chi connectivity index (χ0) is 32.7. The quantitative estimate of drug-likeness (QED) is 0.115. The number of ether oxygens (including phenoxy) is 2. The van der Waals surface area contributed by atoms with Gasteiger partial charge in [0.1, 0.15) is 61.0 Å². The average molecular weight is 635 g/mol. The first-order valence-corrected chi connectivity index (χ1v) is 14.9. The third-order valence-corrected chi connectivity index (χ3v) is 8.16. The molecule has 0 spiro atoms. The SMILES string of the molecule is O=C(NCCCCCNC(=O)c1cccc([C@H]2O[C@H](CO)[C@@H](O)[C@H](O)[C@@H]2O)c1)c1cccc([C@H]2O[C@H](CO)[C@@H](O)[C@H](O)[C@@H]2O)c1. The van der Waals surface area contributed by atoms with Crippen molar-refractivity contribution in [3.63, 3.8) is 0 Å². The summed E-state index contributed by atoms with van der Waals surface area (Å²) >= 11 is 0. The summed E-state index contributed by atoms with van der Waals surface area (Å²) in [6.07, 6.45) is -11.1. The lowest BCUT2D eigenvalue weighted by Crippen LogP contribution is -2.55. The summed E-state index contributed by atoms with van der Waals surface area (Å²) in [5.41, 5.74) is 1.44. The number of hydrogen-bond donors (Lipinski definition) is 10. The van der Waals surface area contributed by atoms with E-state index < -0.39 is 74.3 Å². The zero-order valence-corrected chi connectivity index (χ0v) is 24.6. The average Bonchev–Trinajstić information content (AvgIpc) is 3.06. The lowest BCUT2D eigenvalue weighted by Gasteiger charge is -2.40. The molecule has 0 bridgehead atoms. The highest BCUT2D eigenvalue weighted by Crippen LogP contribution is 2.34. The second-order valence-electron chi connectivity index (χ2n) is 11.3. The van der Waals surface area contributed by atoms with E-state index in [4.69, 9.17) is 9.47 Å². The fraction of sp³-hybridized carbons (Fsp3) is 0.548. The van der Waals surface area contributed by atoms with Gasteiger partial charge in [-0.2, -0.15) is 0 Å². The molecule has 0 saturated carbocycles. The monoisotopic (exact) mass is 634 g/mol. The number of carbonyl (C=O) groups is 2. The van der Waals surface area contributed by atoms with Gasteiger partial charge >= 0.3 is 0 Å². The van der Waals surface area contributed by atoms with Crippen molar-refractivity contribution in [2.24, 2.45) is 0 Å². The van der Waals surface area contributed by atoms with Crippen LogP contribution in [0.4, 0.5) is 0 Å². The lowest BCUT2D eigenvalue weighted by molar-refractivity contribution is -0.231. The highest BCUT2D eigenvalue weighted by Gasteiger charge is 2.45. The van der Waals surface area contributed by atoms with Gasteiger partial charge in [0.15, 0.2) is 0 Å². The van der Waals surface area contributed by atoms with E-state index in [2.05, 4.69) is 10.6 Å². The van der Waals surface area contributed by atoms with Crippen LogP contribution in [-0.4, -0.2) is 128 Å². The Balaban J connectivity index is 1.19. The van der Waals surface area contributed by atoms with Gasteiger partial charge < -0.3 is 61.0 Å². The van der Waals surface area contributed by atoms with E-state index in [1.807, 2.05) is 0 Å². The van der Waals surface area contributed by atoms with E-state index in [0.717, 1.165) is 0 Å². The summed E-state index contributed by atoms with van der Waals surface area (Å²) in [5.74, 6) is -0.706. The molecule has 14 heteroatoms. The second kappa shape index (κ2) is 16.0. The molecule has 14 nitrogen and oxygen atoms in total. The van der Waals surface area contributed by atoms with E-state index in [-0.39, 0.29) is 11.8 Å². The van der Waals surface area contributed by atoms with Crippen molar-refractivity contribution >= 4 is 11.8 Å². The third-order valence-electron chi connectivity index (χ3n) is 8.16. The predicted octanol–water partition coefficient (Wildman–Crippen LogP) is -1.95. The Hall–Kier alpha value is -3.02. The maximum absolute atomic E-state index is 12.7. The Bertz CT molecular complexity index is 1180. The van der Waals surface area contributed by atoms with Crippen molar-refractivity contribution in [1.29, 1.82) is 0 Å². The molecule has 2 heterocycles. The molecule has 2 aromatic carbocycles. The fourth-order valence-corrected chi connectivity index (χ4v) is 5.50. The number of aliphatic hydroxyl groups is 8. The van der Waals surface area contributed by atoms with Crippen LogP contribution in [0.2, 0.25) is 0 Å². The van der Waals surface area contributed by atoms with Crippen LogP contribution in [0.15, 0.2) is 48.5 Å². The molecule has 10 N–H and O–H groups in total. The smallest absolute Gasteiger partial charge is 0.251 e. The molecule has 0 aliphatic carbocycles. The first kappa shape index (κ1) is 34.8. The summed E-state index contributed by atoms with van der Waals surface area (Å²) in [4.78, 5) is 25.4. The molecule has 45 heavy (non-hydrogen) atoms. The van der Waals surface area contributed by atoms with E-state index in [1.54, 1.807) is 36.4 Å². The lowest BCUT2D eigenvalue weighted by atomic mass is 9.90. The summed E-state index contributed by atoms with van der Waals surface area (Å²) in [7, 11) is 0. The highest BCUT2D eigenvalue weighted by atomic mass is 16.6. The van der Waals surface area contributed by atoms with Crippen LogP contribution < -0.4 is 10.6 Å². The molecule has 2 amide bonds. The number of nitrogens with one attached hydrogen (secondary N) is 2. The van der Waals surface area contributed by atoms with Gasteiger partial charge in [-0.05, 0) is 54.7 Å². The molecule has 2 aromatic rings. The summed E-state index contributed by atoms with van der Waals surface area (Å²) in [6, 6.07) is 12.7. The molecule has 0 radical (unpaired) electrons. The summed E-state index contributed by atoms with van der Waals surface area (Å²) in [5, 5.41) is 85.4. The van der Waals surface area contributed by atoms with Crippen LogP contribution >= 0.6 is 0 Å². The number of amides is 2. The second-order valence-corrected chi connectivity index (χ2v) is 11.3. The van der Waals surface area contributed by atoms with Crippen LogP contribution in [0.25, 0.3) is 0 Å². The van der Waals surface area contributed by atoms with Gasteiger partial charge in [0, 0.05) is 24.2 Å². The Labute approximate surface area is 259 Å². The molecular formula is C31H42N2O12. The molecule has 2 fully saturated rings. The molecule has 2 saturated heterocycles. The molecule has 248 valence electrons. The molecule has 10 atom stereocenters. The Morgan fingerprint density at radius 2 is 0.978 bits per heavy atom. The standard InChI is InChI=1S/C31H42N2O12/c34-14-20-22(36)24(38)26(40)28(44-20)16-6-4-8-18(12-16)30(42)32-10-2-1-3-11-33-31(43)19-9-5-7-17(13-19)29-27(41)25(39)23(37)21(15-35)45-29/h4-9,12-13,20-29,34-41H,1-3,10-11,14-15H2,(H,32,42)(H,33,43)/t20-,21-,22-,23-,24+,25+,26+,27+,28-,29-/m1/s1. The van der Waals surface area contributed by atoms with Gasteiger partial charge in [-0.15, -0.1) is 0 Å². The van der Waals surface area contributed by atoms with Gasteiger partial charge in [-0.1, -0.05) is 24.3 Å². The van der Waals surface area contributed by atoms with Crippen molar-refractivity contribution in [3.8, 4) is 0 Å². The molecule has 2 aliphatic heterocycles. The topological polar surface area (TPSA) is 238 Å². The number of benzene rings is 2. The minimum absolute atomic E-state index is 0.308. The van der Waals surface area contributed by atoms with E-state index in [9.17, 15) is 50.4 Å². The Morgan fingerprint density at radius 3 is 1.36 bits per heavy atom. The van der Waals surface area contributed by atoms with Crippen molar-refractivity contribution in [2.45, 2.75) is 80.3 Å². The zero-order valence-electron chi connectivity index (χ0n) is 24.6. The molecule has 2 aliphatic rings. The van der Waals surface area contributed by atoms with Gasteiger partial charge in [0.25, 0.3) is 11.8 Å². The number of unbranched alkanes of at least 4 members (excludes halogenated alkanes) is 2. The minimum atomic E-state index is -1.52. The summed E-state index contributed by atoms with van der Waals surface area (Å²) in [6.45, 7) is -0.357. The van der Waals surface area contributed by atoms with Crippen molar-refractivity contribution in [1.82, 2.24) is 10.6 Å². The third kappa shape index (κ3) is 8.23. The van der Waals surface area contributed by atoms with Gasteiger partial charge in [0.2, 0.25) is 0 Å². The molecular weight excluding hydrogens is 592 g/mol. The number of aliphatic hydroxyl groups excluding tert-OH is 8. The molecule has 0 unspecified atom stereocenters. The normalized spacial score (nSPS) is 31.7. The van der Waals surface area contributed by atoms with Gasteiger partial charge in [-0.3, -0.25) is 9.59 Å². The van der Waals surface area contributed by atoms with Crippen LogP contribution in [0.1, 0.15) is 63.3 Å². The van der Waals surface area contributed by atoms with Crippen molar-refractivity contribution < 1.29 is 59.9 Å². The van der Waals surface area contributed by atoms with Crippen LogP contribution in [0, 0.1) is 0 Å². The van der Waals surface area contributed by atoms with Crippen LogP contribution in [-0.2, 0) is 9.47 Å². The van der Waals surface area contributed by atoms with Crippen LogP contribution in [0.5, 0.6) is 0 Å². The highest BCUT2D eigenvalue weighted by molar-refractivity contribution is 5.94. The first-order chi connectivity index (χ1) is 21.6. The van der Waals surface area contributed by atoms with E-state index in [0.29, 0.717) is 54.6 Å². The number of hydrogen-bond acceptors (Lipinski definition) is 12. The Kier molecular flexibility index (Phi) is 12.4. The molecule has 0 aromatic heterocycles. The van der Waals surface area contributed by atoms with Gasteiger partial charge in [-0.25, -0.2) is 0 Å². The maximum Gasteiger partial charge on any atom is 0.251 e. The fourth-order valence-electron chi connectivity index (χ4n) is 5.50. The first-order valence-electron chi connectivity index (χ1n) is 14.9. The van der Waals surface area contributed by atoms with Crippen LogP contribution in [0.3, 0.4) is 0 Å². The van der Waals surface area contributed by atoms with Crippen molar-refractivity contribution in [2.75, 3.05) is 26.3 Å². The Morgan fingerprint density at radius 1 is 0.578 bits per heavy atom. The van der Waals surface area contributed by atoms with Gasteiger partial charge in [0.05, 0.1) is 13.2 Å². The maximum atomic E-state index is 12.7. The van der Waals surface area contributed by atoms with Crippen molar-refractivity contribution in [3.05, 3.63) is 70.8 Å².